The summed E-state index contributed by atoms with van der Waals surface area (Å²) in [7, 11) is 0. The van der Waals surface area contributed by atoms with Gasteiger partial charge in [-0.3, -0.25) is 4.79 Å². The Labute approximate surface area is 218 Å². The number of aryl methyl sites for hydroxylation is 1. The molecule has 0 radical (unpaired) electrons. The topological polar surface area (TPSA) is 86.8 Å². The predicted octanol–water partition coefficient (Wildman–Crippen LogP) is 7.13. The number of hydrogen-bond donors (Lipinski definition) is 3. The van der Waals surface area contributed by atoms with E-state index >= 15 is 0 Å². The number of anilines is 1. The third-order valence-corrected chi connectivity index (χ3v) is 6.67. The molecule has 0 aliphatic carbocycles. The standard InChI is InChI=1S/C31H48N2O3/c1-28(2,3)20-18-25(34)21(29(4,5)6)17-24(20)33(32)26(35)14-13-19-15-22(30(7,8)9)27(36)23(16-19)31(10,11)12/h15-18,34,36H,13-14,32H2,1-12H3. The Morgan fingerprint density at radius 2 is 1.11 bits per heavy atom. The molecule has 36 heavy (non-hydrogen) atoms. The molecule has 2 aromatic rings. The van der Waals surface area contributed by atoms with Crippen LogP contribution < -0.4 is 10.9 Å². The van der Waals surface area contributed by atoms with E-state index < -0.39 is 0 Å². The van der Waals surface area contributed by atoms with E-state index in [-0.39, 0.29) is 39.7 Å². The Balaban J connectivity index is 2.46. The van der Waals surface area contributed by atoms with E-state index in [9.17, 15) is 15.0 Å². The van der Waals surface area contributed by atoms with Gasteiger partial charge in [0.05, 0.1) is 5.69 Å². The molecule has 0 aromatic heterocycles. The Kier molecular flexibility index (Phi) is 8.03. The smallest absolute Gasteiger partial charge is 0.241 e. The summed E-state index contributed by atoms with van der Waals surface area (Å²) in [6.45, 7) is 24.7. The number of phenols is 2. The average molecular weight is 497 g/mol. The van der Waals surface area contributed by atoms with E-state index in [4.69, 9.17) is 5.84 Å². The Morgan fingerprint density at radius 1 is 0.694 bits per heavy atom. The van der Waals surface area contributed by atoms with Crippen LogP contribution in [0.5, 0.6) is 11.5 Å². The molecule has 2 rings (SSSR count). The molecule has 0 saturated carbocycles. The summed E-state index contributed by atoms with van der Waals surface area (Å²) < 4.78 is 0. The largest absolute Gasteiger partial charge is 0.508 e. The highest BCUT2D eigenvalue weighted by molar-refractivity contribution is 5.93. The molecule has 0 aliphatic rings. The number of carbonyl (C=O) groups excluding carboxylic acids is 1. The first-order valence-corrected chi connectivity index (χ1v) is 12.9. The Morgan fingerprint density at radius 3 is 1.50 bits per heavy atom. The molecule has 0 heterocycles. The van der Waals surface area contributed by atoms with Crippen LogP contribution in [0, 0.1) is 0 Å². The van der Waals surface area contributed by atoms with Crippen molar-refractivity contribution in [1.29, 1.82) is 0 Å². The molecule has 200 valence electrons. The van der Waals surface area contributed by atoms with Crippen LogP contribution in [-0.4, -0.2) is 16.1 Å². The molecule has 0 spiro atoms. The quantitative estimate of drug-likeness (QED) is 0.239. The minimum Gasteiger partial charge on any atom is -0.508 e. The fourth-order valence-corrected chi connectivity index (χ4v) is 4.47. The number of nitrogens with zero attached hydrogens (tertiary/aromatic N) is 1. The highest BCUT2D eigenvalue weighted by Gasteiger charge is 2.29. The fraction of sp³-hybridized carbons (Fsp3) is 0.581. The number of carbonyl (C=O) groups is 1. The molecule has 1 amide bonds. The molecule has 4 N–H and O–H groups in total. The SMILES string of the molecule is CC(C)(C)c1cc(N(N)C(=O)CCc2cc(C(C)(C)C)c(O)c(C(C)(C)C)c2)c(C(C)(C)C)cc1O. The van der Waals surface area contributed by atoms with Gasteiger partial charge in [0.1, 0.15) is 11.5 Å². The van der Waals surface area contributed by atoms with Crippen molar-refractivity contribution < 1.29 is 15.0 Å². The number of benzene rings is 2. The van der Waals surface area contributed by atoms with Gasteiger partial charge in [-0.2, -0.15) is 0 Å². The van der Waals surface area contributed by atoms with Crippen molar-refractivity contribution in [1.82, 2.24) is 0 Å². The second-order valence-corrected chi connectivity index (χ2v) is 14.2. The first kappa shape index (κ1) is 29.7. The summed E-state index contributed by atoms with van der Waals surface area (Å²) in [6.07, 6.45) is 0.734. The average Bonchev–Trinajstić information content (AvgIpc) is 2.68. The van der Waals surface area contributed by atoms with Gasteiger partial charge in [0.15, 0.2) is 0 Å². The monoisotopic (exact) mass is 496 g/mol. The highest BCUT2D eigenvalue weighted by Crippen LogP contribution is 2.42. The van der Waals surface area contributed by atoms with Gasteiger partial charge in [-0.25, -0.2) is 10.9 Å². The van der Waals surface area contributed by atoms with Crippen LogP contribution in [0.3, 0.4) is 0 Å². The number of hydrogen-bond acceptors (Lipinski definition) is 4. The zero-order valence-electron chi connectivity index (χ0n) is 24.6. The lowest BCUT2D eigenvalue weighted by atomic mass is 9.78. The second kappa shape index (κ2) is 9.74. The van der Waals surface area contributed by atoms with Gasteiger partial charge < -0.3 is 10.2 Å². The van der Waals surface area contributed by atoms with E-state index in [0.717, 1.165) is 27.8 Å². The molecule has 0 fully saturated rings. The zero-order valence-corrected chi connectivity index (χ0v) is 24.6. The number of nitrogens with two attached hydrogens (primary N) is 1. The molecular formula is C31H48N2O3. The molecule has 0 unspecified atom stereocenters. The molecule has 2 aromatic carbocycles. The third kappa shape index (κ3) is 6.61. The van der Waals surface area contributed by atoms with Gasteiger partial charge in [-0.1, -0.05) is 95.2 Å². The van der Waals surface area contributed by atoms with E-state index in [1.165, 1.54) is 5.01 Å². The first-order chi connectivity index (χ1) is 16.0. The number of hydrazine groups is 1. The third-order valence-electron chi connectivity index (χ3n) is 6.67. The lowest BCUT2D eigenvalue weighted by molar-refractivity contribution is -0.118. The van der Waals surface area contributed by atoms with Crippen molar-refractivity contribution in [2.45, 2.75) is 118 Å². The van der Waals surface area contributed by atoms with Crippen LogP contribution in [0.2, 0.25) is 0 Å². The number of amides is 1. The molecule has 0 bridgehead atoms. The summed E-state index contributed by atoms with van der Waals surface area (Å²) in [5.74, 6) is 6.79. The predicted molar refractivity (Wildman–Crippen MR) is 151 cm³/mol. The van der Waals surface area contributed by atoms with Gasteiger partial charge in [-0.15, -0.1) is 0 Å². The number of phenolic OH excluding ortho intramolecular Hbond substituents is 2. The van der Waals surface area contributed by atoms with Crippen molar-refractivity contribution in [3.05, 3.63) is 52.1 Å². The molecule has 0 atom stereocenters. The van der Waals surface area contributed by atoms with Crippen molar-refractivity contribution in [2.24, 2.45) is 5.84 Å². The maximum Gasteiger partial charge on any atom is 0.241 e. The van der Waals surface area contributed by atoms with Crippen LogP contribution >= 0.6 is 0 Å². The van der Waals surface area contributed by atoms with Crippen LogP contribution in [0.15, 0.2) is 24.3 Å². The van der Waals surface area contributed by atoms with Gasteiger partial charge in [0, 0.05) is 12.0 Å². The summed E-state index contributed by atoms with van der Waals surface area (Å²) >= 11 is 0. The Hall–Kier alpha value is -2.53. The first-order valence-electron chi connectivity index (χ1n) is 12.9. The summed E-state index contributed by atoms with van der Waals surface area (Å²) in [5, 5.41) is 23.0. The van der Waals surface area contributed by atoms with Crippen molar-refractivity contribution in [2.75, 3.05) is 5.01 Å². The maximum atomic E-state index is 13.4. The van der Waals surface area contributed by atoms with E-state index in [1.807, 2.05) is 59.7 Å². The molecule has 0 aliphatic heterocycles. The highest BCUT2D eigenvalue weighted by atomic mass is 16.3. The van der Waals surface area contributed by atoms with Gasteiger partial charge in [-0.05, 0) is 62.5 Å². The molecular weight excluding hydrogens is 448 g/mol. The summed E-state index contributed by atoms with van der Waals surface area (Å²) in [5.41, 5.74) is 3.85. The van der Waals surface area contributed by atoms with Gasteiger partial charge in [0.2, 0.25) is 5.91 Å². The lowest BCUT2D eigenvalue weighted by Gasteiger charge is -2.31. The number of rotatable bonds is 4. The minimum atomic E-state index is -0.318. The minimum absolute atomic E-state index is 0.200. The van der Waals surface area contributed by atoms with Crippen molar-refractivity contribution in [3.8, 4) is 11.5 Å². The lowest BCUT2D eigenvalue weighted by Crippen LogP contribution is -2.39. The molecule has 5 nitrogen and oxygen atoms in total. The maximum absolute atomic E-state index is 13.4. The zero-order chi connectivity index (χ0) is 28.0. The van der Waals surface area contributed by atoms with Gasteiger partial charge >= 0.3 is 0 Å². The van der Waals surface area contributed by atoms with E-state index in [0.29, 0.717) is 17.9 Å². The van der Waals surface area contributed by atoms with Crippen LogP contribution in [-0.2, 0) is 32.9 Å². The van der Waals surface area contributed by atoms with Crippen LogP contribution in [0.25, 0.3) is 0 Å². The molecule has 0 saturated heterocycles. The summed E-state index contributed by atoms with van der Waals surface area (Å²) in [6, 6.07) is 7.62. The van der Waals surface area contributed by atoms with E-state index in [2.05, 4.69) is 41.5 Å². The Bertz CT molecular complexity index is 1090. The normalized spacial score (nSPS) is 13.1. The fourth-order valence-electron chi connectivity index (χ4n) is 4.47. The van der Waals surface area contributed by atoms with E-state index in [1.54, 1.807) is 6.07 Å². The van der Waals surface area contributed by atoms with Crippen molar-refractivity contribution >= 4 is 11.6 Å². The second-order valence-electron chi connectivity index (χ2n) is 14.2. The summed E-state index contributed by atoms with van der Waals surface area (Å²) in [4.78, 5) is 13.4. The number of aromatic hydroxyl groups is 2. The van der Waals surface area contributed by atoms with Gasteiger partial charge in [0.25, 0.3) is 0 Å². The van der Waals surface area contributed by atoms with Crippen molar-refractivity contribution in [3.63, 3.8) is 0 Å². The molecule has 5 heteroatoms. The van der Waals surface area contributed by atoms with Crippen LogP contribution in [0.4, 0.5) is 5.69 Å². The van der Waals surface area contributed by atoms with Crippen LogP contribution in [0.1, 0.15) is 117 Å².